The molecular weight excluding hydrogens is 234 g/mol. The number of hydrogen-bond donors (Lipinski definition) is 1. The number of rotatable bonds is 1. The van der Waals surface area contributed by atoms with Crippen molar-refractivity contribution in [1.29, 1.82) is 0 Å². The van der Waals surface area contributed by atoms with E-state index in [2.05, 4.69) is 12.2 Å². The monoisotopic (exact) mass is 243 g/mol. The van der Waals surface area contributed by atoms with E-state index in [9.17, 15) is 0 Å². The van der Waals surface area contributed by atoms with E-state index < -0.39 is 0 Å². The largest absolute Gasteiger partial charge is 0.320 e. The Hall–Kier alpha value is 0.648. The zero-order chi connectivity index (χ0) is 3.41. The summed E-state index contributed by atoms with van der Waals surface area (Å²) >= 11 is 0. The van der Waals surface area contributed by atoms with Gasteiger partial charge in [-0.15, -0.1) is 0 Å². The topological polar surface area (TPSA) is 12.0 Å². The van der Waals surface area contributed by atoms with E-state index in [4.69, 9.17) is 0 Å². The summed E-state index contributed by atoms with van der Waals surface area (Å²) in [5.41, 5.74) is 0. The fourth-order valence-electron chi connectivity index (χ4n) is 0. The number of nitrogens with one attached hydrogen (secondary N) is 1. The molecule has 0 aliphatic carbocycles. The van der Waals surface area contributed by atoms with E-state index in [-0.39, 0.29) is 21.1 Å². The van der Waals surface area contributed by atoms with Gasteiger partial charge in [-0.2, -0.15) is 0 Å². The van der Waals surface area contributed by atoms with Gasteiger partial charge in [0.2, 0.25) is 0 Å². The van der Waals surface area contributed by atoms with Gasteiger partial charge in [-0.1, -0.05) is 6.92 Å². The second-order valence-corrected chi connectivity index (χ2v) is 0.707. The van der Waals surface area contributed by atoms with E-state index in [1.165, 1.54) is 0 Å². The van der Waals surface area contributed by atoms with Crippen LogP contribution in [-0.2, 0) is 21.1 Å². The van der Waals surface area contributed by atoms with Gasteiger partial charge >= 0.3 is 0 Å². The third-order valence-corrected chi connectivity index (χ3v) is 0.354. The molecule has 0 aromatic heterocycles. The van der Waals surface area contributed by atoms with E-state index in [0.717, 1.165) is 6.54 Å². The summed E-state index contributed by atoms with van der Waals surface area (Å²) in [6.07, 6.45) is 0. The van der Waals surface area contributed by atoms with Gasteiger partial charge in [0.15, 0.2) is 0 Å². The van der Waals surface area contributed by atoms with Crippen molar-refractivity contribution in [2.24, 2.45) is 0 Å². The number of hydrogen-bond acceptors (Lipinski definition) is 1. The maximum Gasteiger partial charge on any atom is 0 e. The van der Waals surface area contributed by atoms with Crippen molar-refractivity contribution in [3.05, 3.63) is 0 Å². The van der Waals surface area contributed by atoms with Crippen molar-refractivity contribution in [3.63, 3.8) is 0 Å². The van der Waals surface area contributed by atoms with Crippen molar-refractivity contribution < 1.29 is 21.1 Å². The van der Waals surface area contributed by atoms with Crippen molar-refractivity contribution >= 4 is 0 Å². The molecule has 0 saturated heterocycles. The second kappa shape index (κ2) is 8.82. The Morgan fingerprint density at radius 2 is 1.80 bits per heavy atom. The zero-order valence-corrected chi connectivity index (χ0v) is 6.55. The van der Waals surface area contributed by atoms with Crippen LogP contribution in [0.3, 0.4) is 0 Å². The minimum Gasteiger partial charge on any atom is -0.320 e. The first-order valence-electron chi connectivity index (χ1n) is 1.56. The first-order valence-corrected chi connectivity index (χ1v) is 1.56. The Labute approximate surface area is 47.4 Å². The molecule has 0 bridgehead atoms. The molecule has 0 spiro atoms. The summed E-state index contributed by atoms with van der Waals surface area (Å²) in [7, 11) is 1.93. The van der Waals surface area contributed by atoms with Crippen molar-refractivity contribution in [2.75, 3.05) is 13.6 Å². The van der Waals surface area contributed by atoms with Crippen LogP contribution in [0.1, 0.15) is 6.92 Å². The average molecular weight is 243 g/mol. The Kier molecular flexibility index (Phi) is 16.2. The molecule has 1 nitrogen and oxygen atoms in total. The van der Waals surface area contributed by atoms with Gasteiger partial charge in [-0.3, -0.25) is 0 Å². The van der Waals surface area contributed by atoms with Crippen LogP contribution in [0.4, 0.5) is 0 Å². The molecule has 1 N–H and O–H groups in total. The maximum atomic E-state index is 2.93. The zero-order valence-electron chi connectivity index (χ0n) is 3.62. The molecule has 0 aliphatic heterocycles. The van der Waals surface area contributed by atoms with Crippen LogP contribution in [0.5, 0.6) is 0 Å². The molecule has 0 fully saturated rings. The second-order valence-electron chi connectivity index (χ2n) is 0.707. The molecule has 0 radical (unpaired) electrons. The van der Waals surface area contributed by atoms with Crippen LogP contribution < -0.4 is 5.32 Å². The molecule has 2 heteroatoms. The van der Waals surface area contributed by atoms with Crippen LogP contribution in [-0.4, -0.2) is 13.6 Å². The maximum absolute atomic E-state index is 2.93. The minimum absolute atomic E-state index is 0. The fourth-order valence-corrected chi connectivity index (χ4v) is 0. The van der Waals surface area contributed by atoms with Crippen LogP contribution >= 0.6 is 0 Å². The van der Waals surface area contributed by atoms with Crippen LogP contribution in [0.25, 0.3) is 0 Å². The van der Waals surface area contributed by atoms with Crippen molar-refractivity contribution in [2.45, 2.75) is 6.92 Å². The van der Waals surface area contributed by atoms with Gasteiger partial charge in [-0.25, -0.2) is 0 Å². The third-order valence-electron chi connectivity index (χ3n) is 0.354. The Morgan fingerprint density at radius 1 is 1.60 bits per heavy atom. The van der Waals surface area contributed by atoms with Gasteiger partial charge in [0.05, 0.1) is 0 Å². The molecule has 0 aliphatic rings. The molecule has 0 aromatic carbocycles. The summed E-state index contributed by atoms with van der Waals surface area (Å²) in [6, 6.07) is 0. The predicted molar refractivity (Wildman–Crippen MR) is 19.6 cm³/mol. The Balaban J connectivity index is 0. The molecule has 32 valence electrons. The van der Waals surface area contributed by atoms with E-state index in [1.54, 1.807) is 0 Å². The van der Waals surface area contributed by atoms with Crippen LogP contribution in [0.2, 0.25) is 0 Å². The summed E-state index contributed by atoms with van der Waals surface area (Å²) < 4.78 is 0. The normalized spacial score (nSPS) is 6.00. The van der Waals surface area contributed by atoms with E-state index in [0.29, 0.717) is 0 Å². The molecular formula is C3H9NW. The van der Waals surface area contributed by atoms with Crippen molar-refractivity contribution in [3.8, 4) is 0 Å². The SMILES string of the molecule is CCNC.[W]. The first kappa shape index (κ1) is 9.17. The summed E-state index contributed by atoms with van der Waals surface area (Å²) in [5, 5.41) is 2.93. The molecule has 0 amide bonds. The van der Waals surface area contributed by atoms with E-state index in [1.807, 2.05) is 7.05 Å². The van der Waals surface area contributed by atoms with Gasteiger partial charge in [0.25, 0.3) is 0 Å². The van der Waals surface area contributed by atoms with Gasteiger partial charge in [-0.05, 0) is 13.6 Å². The Bertz CT molecular complexity index is 8.85. The molecule has 5 heavy (non-hydrogen) atoms. The minimum atomic E-state index is 0. The summed E-state index contributed by atoms with van der Waals surface area (Å²) in [6.45, 7) is 3.14. The fraction of sp³-hybridized carbons (Fsp3) is 1.00. The smallest absolute Gasteiger partial charge is 0 e. The summed E-state index contributed by atoms with van der Waals surface area (Å²) in [4.78, 5) is 0. The standard InChI is InChI=1S/C3H9N.W/c1-3-4-2;/h4H,3H2,1-2H3;. The molecule has 0 saturated carbocycles. The third kappa shape index (κ3) is 12.0. The molecule has 0 aromatic rings. The van der Waals surface area contributed by atoms with Gasteiger partial charge in [0, 0.05) is 21.1 Å². The first-order chi connectivity index (χ1) is 1.91. The van der Waals surface area contributed by atoms with E-state index >= 15 is 0 Å². The predicted octanol–water partition coefficient (Wildman–Crippen LogP) is 0.223. The Morgan fingerprint density at radius 3 is 1.80 bits per heavy atom. The van der Waals surface area contributed by atoms with Gasteiger partial charge < -0.3 is 5.32 Å². The van der Waals surface area contributed by atoms with Crippen LogP contribution in [0, 0.1) is 0 Å². The summed E-state index contributed by atoms with van der Waals surface area (Å²) in [5.74, 6) is 0. The molecule has 0 atom stereocenters. The van der Waals surface area contributed by atoms with Gasteiger partial charge in [0.1, 0.15) is 0 Å². The molecule has 0 heterocycles. The van der Waals surface area contributed by atoms with Crippen LogP contribution in [0.15, 0.2) is 0 Å². The quantitative estimate of drug-likeness (QED) is 0.694. The average Bonchev–Trinajstić information content (AvgIpc) is 1.37. The molecule has 0 unspecified atom stereocenters. The molecule has 0 rings (SSSR count). The van der Waals surface area contributed by atoms with Crippen molar-refractivity contribution in [1.82, 2.24) is 5.32 Å².